The fourth-order valence-electron chi connectivity index (χ4n) is 1.40. The van der Waals surface area contributed by atoms with Gasteiger partial charge in [-0.15, -0.1) is 0 Å². The average Bonchev–Trinajstić information content (AvgIpc) is 2.44. The molecule has 0 aliphatic rings. The standard InChI is InChI=1S/C11H21NO4S.C3H9NO/c1-2-11(13)12-9-7-5-3-4-6-8-10-17(14,15)16;1-3(5)2-4/h2H,1,3-10H2,(H,12,13)(H,14,15,16);3,5H,2,4H2,1H3. The SMILES string of the molecule is C=CC(=O)NCCCCCCCCS(=O)(=O)O.CC(O)CN. The van der Waals surface area contributed by atoms with Crippen LogP contribution < -0.4 is 11.1 Å². The monoisotopic (exact) mass is 338 g/mol. The summed E-state index contributed by atoms with van der Waals surface area (Å²) in [7, 11) is -3.79. The van der Waals surface area contributed by atoms with E-state index in [1.807, 2.05) is 0 Å². The van der Waals surface area contributed by atoms with Crippen LogP contribution >= 0.6 is 0 Å². The Bertz CT molecular complexity index is 383. The molecule has 0 rings (SSSR count). The van der Waals surface area contributed by atoms with Crippen LogP contribution in [0, 0.1) is 0 Å². The van der Waals surface area contributed by atoms with Crippen LogP contribution in [0.5, 0.6) is 0 Å². The Kier molecular flexibility index (Phi) is 15.8. The lowest BCUT2D eigenvalue weighted by Gasteiger charge is -2.02. The van der Waals surface area contributed by atoms with Crippen LogP contribution in [0.15, 0.2) is 12.7 Å². The molecule has 0 aliphatic carbocycles. The summed E-state index contributed by atoms with van der Waals surface area (Å²) in [6, 6.07) is 0. The van der Waals surface area contributed by atoms with Gasteiger partial charge in [-0.2, -0.15) is 8.42 Å². The lowest BCUT2D eigenvalue weighted by atomic mass is 10.1. The van der Waals surface area contributed by atoms with Crippen LogP contribution in [0.1, 0.15) is 45.4 Å². The minimum atomic E-state index is -3.79. The van der Waals surface area contributed by atoms with Crippen LogP contribution in [-0.2, 0) is 14.9 Å². The van der Waals surface area contributed by atoms with E-state index in [2.05, 4.69) is 11.9 Å². The molecule has 132 valence electrons. The van der Waals surface area contributed by atoms with Crippen LogP contribution in [0.3, 0.4) is 0 Å². The van der Waals surface area contributed by atoms with E-state index in [0.29, 0.717) is 19.5 Å². The molecule has 8 heteroatoms. The number of aliphatic hydroxyl groups is 1. The van der Waals surface area contributed by atoms with Gasteiger partial charge in [-0.3, -0.25) is 9.35 Å². The van der Waals surface area contributed by atoms with Crippen molar-refractivity contribution >= 4 is 16.0 Å². The summed E-state index contributed by atoms with van der Waals surface area (Å²) < 4.78 is 29.3. The van der Waals surface area contributed by atoms with Gasteiger partial charge in [-0.25, -0.2) is 0 Å². The van der Waals surface area contributed by atoms with Crippen molar-refractivity contribution in [1.82, 2.24) is 5.32 Å². The molecule has 1 atom stereocenters. The summed E-state index contributed by atoms with van der Waals surface area (Å²) in [6.45, 7) is 6.01. The molecule has 0 spiro atoms. The Morgan fingerprint density at radius 3 is 2.09 bits per heavy atom. The van der Waals surface area contributed by atoms with Crippen LogP contribution in [0.25, 0.3) is 0 Å². The van der Waals surface area contributed by atoms with E-state index in [1.54, 1.807) is 6.92 Å². The largest absolute Gasteiger partial charge is 0.392 e. The number of nitrogens with one attached hydrogen (secondary N) is 1. The third-order valence-electron chi connectivity index (χ3n) is 2.65. The maximum Gasteiger partial charge on any atom is 0.264 e. The summed E-state index contributed by atoms with van der Waals surface area (Å²) in [4.78, 5) is 10.8. The van der Waals surface area contributed by atoms with Crippen LogP contribution in [0.2, 0.25) is 0 Å². The summed E-state index contributed by atoms with van der Waals surface area (Å²) in [5, 5.41) is 10.9. The first-order chi connectivity index (χ1) is 10.2. The van der Waals surface area contributed by atoms with Gasteiger partial charge < -0.3 is 16.2 Å². The molecule has 0 aliphatic heterocycles. The molecule has 0 saturated carbocycles. The van der Waals surface area contributed by atoms with Crippen molar-refractivity contribution in [3.8, 4) is 0 Å². The third kappa shape index (κ3) is 24.1. The molecule has 0 saturated heterocycles. The van der Waals surface area contributed by atoms with Gasteiger partial charge in [-0.05, 0) is 25.8 Å². The molecular weight excluding hydrogens is 308 g/mol. The predicted molar refractivity (Wildman–Crippen MR) is 88.1 cm³/mol. The van der Waals surface area contributed by atoms with E-state index in [1.165, 1.54) is 6.08 Å². The summed E-state index contributed by atoms with van der Waals surface area (Å²) in [5.74, 6) is -0.305. The second kappa shape index (κ2) is 15.0. The van der Waals surface area contributed by atoms with Crippen molar-refractivity contribution in [2.75, 3.05) is 18.8 Å². The van der Waals surface area contributed by atoms with Crippen molar-refractivity contribution in [2.45, 2.75) is 51.6 Å². The molecule has 0 aromatic rings. The van der Waals surface area contributed by atoms with E-state index >= 15 is 0 Å². The van der Waals surface area contributed by atoms with E-state index in [4.69, 9.17) is 15.4 Å². The van der Waals surface area contributed by atoms with Crippen LogP contribution in [-0.4, -0.2) is 48.9 Å². The number of amides is 1. The van der Waals surface area contributed by atoms with Crippen molar-refractivity contribution in [3.63, 3.8) is 0 Å². The molecule has 0 fully saturated rings. The third-order valence-corrected chi connectivity index (χ3v) is 3.46. The van der Waals surface area contributed by atoms with Gasteiger partial charge in [0.2, 0.25) is 5.91 Å². The first-order valence-corrected chi connectivity index (χ1v) is 9.07. The maximum absolute atomic E-state index is 10.8. The lowest BCUT2D eigenvalue weighted by Crippen LogP contribution is -2.21. The van der Waals surface area contributed by atoms with Crippen molar-refractivity contribution in [3.05, 3.63) is 12.7 Å². The fraction of sp³-hybridized carbons (Fsp3) is 0.786. The Hall–Kier alpha value is -0.960. The summed E-state index contributed by atoms with van der Waals surface area (Å²) in [6.07, 6.45) is 6.09. The number of carbonyl (C=O) groups excluding carboxylic acids is 1. The highest BCUT2D eigenvalue weighted by molar-refractivity contribution is 7.85. The normalized spacial score (nSPS) is 12.0. The first kappa shape index (κ1) is 23.3. The Morgan fingerprint density at radius 1 is 1.23 bits per heavy atom. The number of unbranched alkanes of at least 4 members (excludes halogenated alkanes) is 5. The van der Waals surface area contributed by atoms with E-state index in [0.717, 1.165) is 32.1 Å². The molecule has 22 heavy (non-hydrogen) atoms. The summed E-state index contributed by atoms with van der Waals surface area (Å²) in [5.41, 5.74) is 4.92. The molecule has 0 aromatic carbocycles. The first-order valence-electron chi connectivity index (χ1n) is 7.46. The fourth-order valence-corrected chi connectivity index (χ4v) is 1.97. The summed E-state index contributed by atoms with van der Waals surface area (Å²) >= 11 is 0. The molecule has 1 unspecified atom stereocenters. The zero-order valence-electron chi connectivity index (χ0n) is 13.3. The number of hydrogen-bond donors (Lipinski definition) is 4. The minimum absolute atomic E-state index is 0.150. The molecule has 0 radical (unpaired) electrons. The number of hydrogen-bond acceptors (Lipinski definition) is 5. The smallest absolute Gasteiger partial charge is 0.264 e. The highest BCUT2D eigenvalue weighted by Gasteiger charge is 2.02. The topological polar surface area (TPSA) is 130 Å². The maximum atomic E-state index is 10.8. The number of aliphatic hydroxyl groups excluding tert-OH is 1. The lowest BCUT2D eigenvalue weighted by molar-refractivity contribution is -0.116. The number of carbonyl (C=O) groups is 1. The molecule has 5 N–H and O–H groups in total. The molecular formula is C14H30N2O5S. The van der Waals surface area contributed by atoms with Crippen molar-refractivity contribution in [2.24, 2.45) is 5.73 Å². The Morgan fingerprint density at radius 2 is 1.68 bits per heavy atom. The second-order valence-corrected chi connectivity index (χ2v) is 6.56. The molecule has 0 bridgehead atoms. The van der Waals surface area contributed by atoms with Gasteiger partial charge in [0.05, 0.1) is 11.9 Å². The van der Waals surface area contributed by atoms with Crippen LogP contribution in [0.4, 0.5) is 0 Å². The van der Waals surface area contributed by atoms with Crippen molar-refractivity contribution < 1.29 is 22.9 Å². The highest BCUT2D eigenvalue weighted by atomic mass is 32.2. The van der Waals surface area contributed by atoms with Gasteiger partial charge in [0.25, 0.3) is 10.1 Å². The Labute approximate surface area is 133 Å². The highest BCUT2D eigenvalue weighted by Crippen LogP contribution is 2.05. The minimum Gasteiger partial charge on any atom is -0.392 e. The van der Waals surface area contributed by atoms with Gasteiger partial charge in [0, 0.05) is 13.1 Å². The van der Waals surface area contributed by atoms with Crippen molar-refractivity contribution in [1.29, 1.82) is 0 Å². The van der Waals surface area contributed by atoms with Gasteiger partial charge in [0.15, 0.2) is 0 Å². The molecule has 1 amide bonds. The van der Waals surface area contributed by atoms with E-state index in [-0.39, 0.29) is 17.8 Å². The van der Waals surface area contributed by atoms with E-state index < -0.39 is 10.1 Å². The predicted octanol–water partition coefficient (Wildman–Crippen LogP) is 0.843. The van der Waals surface area contributed by atoms with E-state index in [9.17, 15) is 13.2 Å². The molecule has 0 heterocycles. The number of nitrogens with two attached hydrogens (primary N) is 1. The Balaban J connectivity index is 0. The van der Waals surface area contributed by atoms with Gasteiger partial charge in [-0.1, -0.05) is 32.3 Å². The molecule has 0 aromatic heterocycles. The quantitative estimate of drug-likeness (QED) is 0.251. The zero-order valence-corrected chi connectivity index (χ0v) is 14.1. The molecule has 7 nitrogen and oxygen atoms in total. The average molecular weight is 338 g/mol. The second-order valence-electron chi connectivity index (χ2n) is 4.99. The van der Waals surface area contributed by atoms with Gasteiger partial charge >= 0.3 is 0 Å². The van der Waals surface area contributed by atoms with Gasteiger partial charge in [0.1, 0.15) is 0 Å². The number of rotatable bonds is 11. The zero-order chi connectivity index (χ0) is 17.4.